The molecule has 0 aliphatic carbocycles. The first kappa shape index (κ1) is 13.4. The molecule has 3 nitrogen and oxygen atoms in total. The SMILES string of the molecule is CN(C)c1nc(-c2cccc(F)c2F)nc2ccccc12. The van der Waals surface area contributed by atoms with Gasteiger partial charge in [-0.3, -0.25) is 0 Å². The van der Waals surface area contributed by atoms with E-state index in [1.54, 1.807) is 0 Å². The van der Waals surface area contributed by atoms with Crippen LogP contribution in [0.25, 0.3) is 22.3 Å². The van der Waals surface area contributed by atoms with Gasteiger partial charge in [0.2, 0.25) is 0 Å². The number of fused-ring (bicyclic) bond motifs is 1. The predicted octanol–water partition coefficient (Wildman–Crippen LogP) is 3.64. The smallest absolute Gasteiger partial charge is 0.169 e. The Bertz CT molecular complexity index is 816. The van der Waals surface area contributed by atoms with Crippen LogP contribution in [-0.2, 0) is 0 Å². The summed E-state index contributed by atoms with van der Waals surface area (Å²) < 4.78 is 27.3. The predicted molar refractivity (Wildman–Crippen MR) is 79.2 cm³/mol. The molecule has 0 N–H and O–H groups in total. The summed E-state index contributed by atoms with van der Waals surface area (Å²) in [4.78, 5) is 10.6. The van der Waals surface area contributed by atoms with Gasteiger partial charge in [0.1, 0.15) is 5.82 Å². The maximum atomic E-state index is 14.0. The van der Waals surface area contributed by atoms with Gasteiger partial charge in [0.25, 0.3) is 0 Å². The molecule has 0 fully saturated rings. The van der Waals surface area contributed by atoms with Crippen LogP contribution in [0.3, 0.4) is 0 Å². The minimum atomic E-state index is -0.933. The Morgan fingerprint density at radius 3 is 2.43 bits per heavy atom. The third kappa shape index (κ3) is 2.31. The maximum absolute atomic E-state index is 14.0. The van der Waals surface area contributed by atoms with E-state index >= 15 is 0 Å². The van der Waals surface area contributed by atoms with E-state index in [0.717, 1.165) is 11.5 Å². The highest BCUT2D eigenvalue weighted by Gasteiger charge is 2.15. The van der Waals surface area contributed by atoms with Gasteiger partial charge in [-0.1, -0.05) is 18.2 Å². The van der Waals surface area contributed by atoms with E-state index in [1.807, 2.05) is 43.3 Å². The average Bonchev–Trinajstić information content (AvgIpc) is 2.48. The summed E-state index contributed by atoms with van der Waals surface area (Å²) in [6.07, 6.45) is 0. The van der Waals surface area contributed by atoms with Crippen LogP contribution in [0, 0.1) is 11.6 Å². The molecule has 3 aromatic rings. The number of hydrogen-bond acceptors (Lipinski definition) is 3. The lowest BCUT2D eigenvalue weighted by Crippen LogP contribution is -2.12. The largest absolute Gasteiger partial charge is 0.362 e. The van der Waals surface area contributed by atoms with E-state index in [1.165, 1.54) is 12.1 Å². The molecule has 5 heteroatoms. The van der Waals surface area contributed by atoms with Crippen LogP contribution < -0.4 is 4.90 Å². The van der Waals surface area contributed by atoms with Crippen LogP contribution in [-0.4, -0.2) is 24.1 Å². The second-order valence-corrected chi connectivity index (χ2v) is 4.88. The Labute approximate surface area is 120 Å². The van der Waals surface area contributed by atoms with E-state index in [0.29, 0.717) is 11.3 Å². The van der Waals surface area contributed by atoms with Crippen molar-refractivity contribution in [3.63, 3.8) is 0 Å². The maximum Gasteiger partial charge on any atom is 0.169 e. The van der Waals surface area contributed by atoms with Gasteiger partial charge in [-0.15, -0.1) is 0 Å². The van der Waals surface area contributed by atoms with E-state index in [-0.39, 0.29) is 11.4 Å². The Kier molecular flexibility index (Phi) is 3.25. The second-order valence-electron chi connectivity index (χ2n) is 4.88. The highest BCUT2D eigenvalue weighted by atomic mass is 19.2. The van der Waals surface area contributed by atoms with Crippen molar-refractivity contribution in [3.8, 4) is 11.4 Å². The van der Waals surface area contributed by atoms with E-state index < -0.39 is 11.6 Å². The third-order valence-corrected chi connectivity index (χ3v) is 3.20. The number of hydrogen-bond donors (Lipinski definition) is 0. The van der Waals surface area contributed by atoms with Crippen molar-refractivity contribution >= 4 is 16.7 Å². The fourth-order valence-electron chi connectivity index (χ4n) is 2.20. The zero-order valence-electron chi connectivity index (χ0n) is 11.6. The lowest BCUT2D eigenvalue weighted by molar-refractivity contribution is 0.510. The summed E-state index contributed by atoms with van der Waals surface area (Å²) in [5.74, 6) is -0.998. The number of benzene rings is 2. The molecule has 0 amide bonds. The van der Waals surface area contributed by atoms with Gasteiger partial charge in [0.05, 0.1) is 11.1 Å². The second kappa shape index (κ2) is 5.09. The molecule has 0 aliphatic rings. The fraction of sp³-hybridized carbons (Fsp3) is 0.125. The number of nitrogens with zero attached hydrogens (tertiary/aromatic N) is 3. The number of rotatable bonds is 2. The lowest BCUT2D eigenvalue weighted by atomic mass is 10.1. The van der Waals surface area contributed by atoms with Crippen molar-refractivity contribution in [2.75, 3.05) is 19.0 Å². The molecule has 1 aromatic heterocycles. The molecule has 3 rings (SSSR count). The van der Waals surface area contributed by atoms with Crippen molar-refractivity contribution in [1.29, 1.82) is 0 Å². The molecule has 1 heterocycles. The highest BCUT2D eigenvalue weighted by Crippen LogP contribution is 2.28. The molecule has 0 bridgehead atoms. The van der Waals surface area contributed by atoms with Crippen molar-refractivity contribution < 1.29 is 8.78 Å². The normalized spacial score (nSPS) is 10.9. The van der Waals surface area contributed by atoms with Crippen LogP contribution in [0.1, 0.15) is 0 Å². The number of anilines is 1. The highest BCUT2D eigenvalue weighted by molar-refractivity contribution is 5.90. The van der Waals surface area contributed by atoms with Gasteiger partial charge in [-0.25, -0.2) is 18.7 Å². The molecule has 0 atom stereocenters. The molecule has 0 saturated carbocycles. The van der Waals surface area contributed by atoms with Gasteiger partial charge in [-0.2, -0.15) is 0 Å². The van der Waals surface area contributed by atoms with Gasteiger partial charge in [0.15, 0.2) is 17.5 Å². The van der Waals surface area contributed by atoms with Crippen molar-refractivity contribution in [3.05, 3.63) is 54.1 Å². The van der Waals surface area contributed by atoms with E-state index in [2.05, 4.69) is 9.97 Å². The number of para-hydroxylation sites is 1. The molecule has 0 spiro atoms. The molecule has 0 unspecified atom stereocenters. The van der Waals surface area contributed by atoms with Crippen molar-refractivity contribution in [2.45, 2.75) is 0 Å². The lowest BCUT2D eigenvalue weighted by Gasteiger charge is -2.15. The van der Waals surface area contributed by atoms with Gasteiger partial charge in [0, 0.05) is 19.5 Å². The topological polar surface area (TPSA) is 29.0 Å². The van der Waals surface area contributed by atoms with Crippen LogP contribution >= 0.6 is 0 Å². The Hall–Kier alpha value is -2.56. The fourth-order valence-corrected chi connectivity index (χ4v) is 2.20. The summed E-state index contributed by atoms with van der Waals surface area (Å²) in [6.45, 7) is 0. The molecule has 0 saturated heterocycles. The van der Waals surface area contributed by atoms with E-state index in [4.69, 9.17) is 0 Å². The first-order chi connectivity index (χ1) is 10.1. The van der Waals surface area contributed by atoms with Gasteiger partial charge in [-0.05, 0) is 24.3 Å². The minimum Gasteiger partial charge on any atom is -0.362 e. The van der Waals surface area contributed by atoms with Crippen LogP contribution in [0.5, 0.6) is 0 Å². The Morgan fingerprint density at radius 2 is 1.67 bits per heavy atom. The van der Waals surface area contributed by atoms with Crippen molar-refractivity contribution in [1.82, 2.24) is 9.97 Å². The quantitative estimate of drug-likeness (QED) is 0.720. The summed E-state index contributed by atoms with van der Waals surface area (Å²) in [7, 11) is 3.70. The number of halogens is 2. The zero-order chi connectivity index (χ0) is 15.0. The van der Waals surface area contributed by atoms with Crippen molar-refractivity contribution in [2.24, 2.45) is 0 Å². The first-order valence-corrected chi connectivity index (χ1v) is 6.46. The Morgan fingerprint density at radius 1 is 0.905 bits per heavy atom. The Balaban J connectivity index is 2.31. The van der Waals surface area contributed by atoms with Gasteiger partial charge < -0.3 is 4.90 Å². The molecule has 0 radical (unpaired) electrons. The average molecular weight is 285 g/mol. The number of aromatic nitrogens is 2. The zero-order valence-corrected chi connectivity index (χ0v) is 11.6. The first-order valence-electron chi connectivity index (χ1n) is 6.46. The minimum absolute atomic E-state index is 0.0591. The molecule has 2 aromatic carbocycles. The monoisotopic (exact) mass is 285 g/mol. The van der Waals surface area contributed by atoms with Crippen LogP contribution in [0.15, 0.2) is 42.5 Å². The van der Waals surface area contributed by atoms with E-state index in [9.17, 15) is 8.78 Å². The third-order valence-electron chi connectivity index (χ3n) is 3.20. The standard InChI is InChI=1S/C16H13F2N3/c1-21(2)16-10-6-3-4-9-13(10)19-15(20-16)11-7-5-8-12(17)14(11)18/h3-9H,1-2H3. The molecular formula is C16H13F2N3. The van der Waals surface area contributed by atoms with Crippen LogP contribution in [0.4, 0.5) is 14.6 Å². The van der Waals surface area contributed by atoms with Crippen LogP contribution in [0.2, 0.25) is 0 Å². The van der Waals surface area contributed by atoms with Gasteiger partial charge >= 0.3 is 0 Å². The summed E-state index contributed by atoms with van der Waals surface area (Å²) in [6, 6.07) is 11.5. The summed E-state index contributed by atoms with van der Waals surface area (Å²) >= 11 is 0. The molecule has 21 heavy (non-hydrogen) atoms. The summed E-state index contributed by atoms with van der Waals surface area (Å²) in [5, 5.41) is 0.864. The summed E-state index contributed by atoms with van der Waals surface area (Å²) in [5.41, 5.74) is 0.749. The molecule has 0 aliphatic heterocycles. The molecule has 106 valence electrons. The molecular weight excluding hydrogens is 272 g/mol.